The highest BCUT2D eigenvalue weighted by Gasteiger charge is 2.41. The number of ether oxygens (including phenoxy) is 2. The van der Waals surface area contributed by atoms with Gasteiger partial charge in [0.05, 0.1) is 13.7 Å². The summed E-state index contributed by atoms with van der Waals surface area (Å²) in [5, 5.41) is 0. The van der Waals surface area contributed by atoms with Gasteiger partial charge in [-0.3, -0.25) is 9.69 Å². The van der Waals surface area contributed by atoms with E-state index in [1.165, 1.54) is 18.4 Å². The molecule has 2 saturated heterocycles. The number of methoxy groups -OCH3 is 2. The largest absolute Gasteiger partial charge is 0.497 e. The summed E-state index contributed by atoms with van der Waals surface area (Å²) in [4.78, 5) is 16.8. The van der Waals surface area contributed by atoms with Crippen LogP contribution in [0.15, 0.2) is 24.3 Å². The highest BCUT2D eigenvalue weighted by atomic mass is 16.5. The van der Waals surface area contributed by atoms with Crippen molar-refractivity contribution in [3.63, 3.8) is 0 Å². The predicted octanol–water partition coefficient (Wildman–Crippen LogP) is 2.55. The first-order valence-corrected chi connectivity index (χ1v) is 9.26. The minimum atomic E-state index is 0.256. The van der Waals surface area contributed by atoms with E-state index in [9.17, 15) is 4.79 Å². The number of hydrogen-bond donors (Lipinski definition) is 0. The Kier molecular flexibility index (Phi) is 5.97. The molecule has 5 heteroatoms. The van der Waals surface area contributed by atoms with E-state index in [0.29, 0.717) is 13.0 Å². The maximum atomic E-state index is 12.2. The average Bonchev–Trinajstić information content (AvgIpc) is 2.64. The Morgan fingerprint density at radius 1 is 1.12 bits per heavy atom. The molecule has 25 heavy (non-hydrogen) atoms. The molecule has 2 heterocycles. The van der Waals surface area contributed by atoms with E-state index in [4.69, 9.17) is 9.47 Å². The third-order valence-electron chi connectivity index (χ3n) is 5.62. The zero-order valence-electron chi connectivity index (χ0n) is 15.5. The zero-order chi connectivity index (χ0) is 17.7. The number of hydrogen-bond acceptors (Lipinski definition) is 4. The molecule has 3 rings (SSSR count). The molecule has 0 N–H and O–H groups in total. The SMILES string of the molecule is COCCN1C[C@@]2(CCCN(Cc3ccc(OC)cc3)C2)CCC1=O. The molecule has 2 aliphatic rings. The molecule has 0 unspecified atom stereocenters. The standard InChI is InChI=1S/C20H30N2O3/c1-24-13-12-22-16-20(10-8-19(22)23)9-3-11-21(15-20)14-17-4-6-18(25-2)7-5-17/h4-7H,3,8-16H2,1-2H3/t20-/m0/s1. The fourth-order valence-corrected chi connectivity index (χ4v) is 4.27. The molecule has 0 radical (unpaired) electrons. The first-order valence-electron chi connectivity index (χ1n) is 9.26. The van der Waals surface area contributed by atoms with Crippen molar-refractivity contribution in [2.45, 2.75) is 32.2 Å². The minimum Gasteiger partial charge on any atom is -0.497 e. The van der Waals surface area contributed by atoms with Crippen molar-refractivity contribution in [3.8, 4) is 5.75 Å². The summed E-state index contributed by atoms with van der Waals surface area (Å²) in [6.45, 7) is 5.41. The Morgan fingerprint density at radius 2 is 1.92 bits per heavy atom. The molecule has 0 bridgehead atoms. The maximum absolute atomic E-state index is 12.2. The molecule has 1 amide bonds. The molecular formula is C20H30N2O3. The Balaban J connectivity index is 1.62. The third kappa shape index (κ3) is 4.53. The lowest BCUT2D eigenvalue weighted by Gasteiger charge is -2.48. The van der Waals surface area contributed by atoms with Crippen molar-refractivity contribution >= 4 is 5.91 Å². The van der Waals surface area contributed by atoms with Gasteiger partial charge in [0.1, 0.15) is 5.75 Å². The summed E-state index contributed by atoms with van der Waals surface area (Å²) < 4.78 is 10.4. The number of nitrogens with zero attached hydrogens (tertiary/aromatic N) is 2. The van der Waals surface area contributed by atoms with Gasteiger partial charge in [0.15, 0.2) is 0 Å². The molecule has 138 valence electrons. The number of piperidine rings is 2. The lowest BCUT2D eigenvalue weighted by atomic mass is 9.73. The van der Waals surface area contributed by atoms with Crippen LogP contribution in [0.2, 0.25) is 0 Å². The zero-order valence-corrected chi connectivity index (χ0v) is 15.5. The molecular weight excluding hydrogens is 316 g/mol. The Hall–Kier alpha value is -1.59. The summed E-state index contributed by atoms with van der Waals surface area (Å²) in [6.07, 6.45) is 4.14. The van der Waals surface area contributed by atoms with Crippen LogP contribution >= 0.6 is 0 Å². The molecule has 0 saturated carbocycles. The van der Waals surface area contributed by atoms with E-state index in [-0.39, 0.29) is 11.3 Å². The molecule has 2 fully saturated rings. The first kappa shape index (κ1) is 18.2. The van der Waals surface area contributed by atoms with E-state index >= 15 is 0 Å². The van der Waals surface area contributed by atoms with Crippen LogP contribution in [0.3, 0.4) is 0 Å². The summed E-state index contributed by atoms with van der Waals surface area (Å²) in [6, 6.07) is 8.35. The topological polar surface area (TPSA) is 42.0 Å². The van der Waals surface area contributed by atoms with E-state index in [1.807, 2.05) is 17.0 Å². The fraction of sp³-hybridized carbons (Fsp3) is 0.650. The van der Waals surface area contributed by atoms with Crippen LogP contribution in [0.1, 0.15) is 31.2 Å². The second kappa shape index (κ2) is 8.19. The van der Waals surface area contributed by atoms with Crippen LogP contribution in [0.5, 0.6) is 5.75 Å². The summed E-state index contributed by atoms with van der Waals surface area (Å²) >= 11 is 0. The van der Waals surface area contributed by atoms with Crippen LogP contribution < -0.4 is 4.74 Å². The van der Waals surface area contributed by atoms with Crippen molar-refractivity contribution in [2.24, 2.45) is 5.41 Å². The molecule has 0 aliphatic carbocycles. The van der Waals surface area contributed by atoms with Gasteiger partial charge >= 0.3 is 0 Å². The molecule has 1 aromatic carbocycles. The van der Waals surface area contributed by atoms with Crippen molar-refractivity contribution in [2.75, 3.05) is 47.0 Å². The van der Waals surface area contributed by atoms with Crippen LogP contribution in [0.25, 0.3) is 0 Å². The van der Waals surface area contributed by atoms with Crippen molar-refractivity contribution < 1.29 is 14.3 Å². The number of likely N-dealkylation sites (tertiary alicyclic amines) is 2. The monoisotopic (exact) mass is 346 g/mol. The van der Waals surface area contributed by atoms with Crippen molar-refractivity contribution in [1.82, 2.24) is 9.80 Å². The van der Waals surface area contributed by atoms with Gasteiger partial charge in [-0.2, -0.15) is 0 Å². The fourth-order valence-electron chi connectivity index (χ4n) is 4.27. The smallest absolute Gasteiger partial charge is 0.222 e. The van der Waals surface area contributed by atoms with Gasteiger partial charge in [0.2, 0.25) is 5.91 Å². The van der Waals surface area contributed by atoms with Crippen LogP contribution in [-0.4, -0.2) is 62.7 Å². The molecule has 5 nitrogen and oxygen atoms in total. The van der Waals surface area contributed by atoms with Gasteiger partial charge in [0, 0.05) is 45.1 Å². The van der Waals surface area contributed by atoms with Crippen LogP contribution in [0, 0.1) is 5.41 Å². The van der Waals surface area contributed by atoms with Crippen LogP contribution in [0.4, 0.5) is 0 Å². The molecule has 1 spiro atoms. The normalized spacial score (nSPS) is 24.7. The van der Waals surface area contributed by atoms with Gasteiger partial charge in [-0.1, -0.05) is 12.1 Å². The molecule has 1 atom stereocenters. The molecule has 0 aromatic heterocycles. The highest BCUT2D eigenvalue weighted by Crippen LogP contribution is 2.39. The third-order valence-corrected chi connectivity index (χ3v) is 5.62. The van der Waals surface area contributed by atoms with E-state index < -0.39 is 0 Å². The van der Waals surface area contributed by atoms with Crippen molar-refractivity contribution in [3.05, 3.63) is 29.8 Å². The lowest BCUT2D eigenvalue weighted by molar-refractivity contribution is -0.140. The predicted molar refractivity (Wildman–Crippen MR) is 97.6 cm³/mol. The van der Waals surface area contributed by atoms with E-state index in [1.54, 1.807) is 14.2 Å². The molecule has 2 aliphatic heterocycles. The summed E-state index contributed by atoms with van der Waals surface area (Å²) in [5.41, 5.74) is 1.58. The first-order chi connectivity index (χ1) is 12.1. The Labute approximate surface area is 150 Å². The number of carbonyl (C=O) groups excluding carboxylic acids is 1. The number of carbonyl (C=O) groups is 1. The van der Waals surface area contributed by atoms with E-state index in [2.05, 4.69) is 17.0 Å². The average molecular weight is 346 g/mol. The van der Waals surface area contributed by atoms with Gasteiger partial charge in [-0.15, -0.1) is 0 Å². The summed E-state index contributed by atoms with van der Waals surface area (Å²) in [5.74, 6) is 1.19. The van der Waals surface area contributed by atoms with Crippen LogP contribution in [-0.2, 0) is 16.1 Å². The number of amides is 1. The van der Waals surface area contributed by atoms with Gasteiger partial charge < -0.3 is 14.4 Å². The lowest BCUT2D eigenvalue weighted by Crippen LogP contribution is -2.54. The second-order valence-corrected chi connectivity index (χ2v) is 7.47. The van der Waals surface area contributed by atoms with E-state index in [0.717, 1.165) is 44.9 Å². The minimum absolute atomic E-state index is 0.256. The van der Waals surface area contributed by atoms with Gasteiger partial charge in [0.25, 0.3) is 0 Å². The molecule has 1 aromatic rings. The second-order valence-electron chi connectivity index (χ2n) is 7.47. The number of rotatable bonds is 6. The quantitative estimate of drug-likeness (QED) is 0.794. The van der Waals surface area contributed by atoms with Gasteiger partial charge in [-0.25, -0.2) is 0 Å². The summed E-state index contributed by atoms with van der Waals surface area (Å²) in [7, 11) is 3.39. The Morgan fingerprint density at radius 3 is 2.64 bits per heavy atom. The van der Waals surface area contributed by atoms with Gasteiger partial charge in [-0.05, 0) is 43.5 Å². The maximum Gasteiger partial charge on any atom is 0.222 e. The van der Waals surface area contributed by atoms with Crippen molar-refractivity contribution in [1.29, 1.82) is 0 Å². The Bertz CT molecular complexity index is 575. The highest BCUT2D eigenvalue weighted by molar-refractivity contribution is 5.77. The number of benzene rings is 1.